The molecule has 1 aliphatic rings. The van der Waals surface area contributed by atoms with Crippen molar-refractivity contribution in [3.63, 3.8) is 0 Å². The van der Waals surface area contributed by atoms with Crippen LogP contribution in [0.3, 0.4) is 0 Å². The van der Waals surface area contributed by atoms with E-state index in [9.17, 15) is 12.8 Å². The second-order valence-corrected chi connectivity index (χ2v) is 7.18. The number of sulfonamides is 1. The SMILES string of the molecule is CC1CN(S(=O)(=O)c2cc(F)ccc2Cl)CC(C)N1.Cl. The van der Waals surface area contributed by atoms with Crippen molar-refractivity contribution in [3.8, 4) is 0 Å². The lowest BCUT2D eigenvalue weighted by atomic mass is 10.2. The summed E-state index contributed by atoms with van der Waals surface area (Å²) in [5, 5.41) is 3.29. The molecule has 1 aromatic rings. The molecule has 4 nitrogen and oxygen atoms in total. The average Bonchev–Trinajstić information content (AvgIpc) is 2.31. The highest BCUT2D eigenvalue weighted by Crippen LogP contribution is 2.26. The van der Waals surface area contributed by atoms with Crippen LogP contribution < -0.4 is 5.32 Å². The normalized spacial score (nSPS) is 24.2. The molecule has 114 valence electrons. The summed E-state index contributed by atoms with van der Waals surface area (Å²) in [5.41, 5.74) is 0. The molecule has 2 unspecified atom stereocenters. The van der Waals surface area contributed by atoms with Crippen molar-refractivity contribution in [2.45, 2.75) is 30.8 Å². The molecule has 0 aliphatic carbocycles. The number of piperazine rings is 1. The van der Waals surface area contributed by atoms with Gasteiger partial charge in [0.1, 0.15) is 10.7 Å². The van der Waals surface area contributed by atoms with E-state index in [1.807, 2.05) is 13.8 Å². The van der Waals surface area contributed by atoms with E-state index in [1.165, 1.54) is 10.4 Å². The molecule has 1 aliphatic heterocycles. The molecule has 0 radical (unpaired) electrons. The van der Waals surface area contributed by atoms with Gasteiger partial charge in [-0.25, -0.2) is 12.8 Å². The van der Waals surface area contributed by atoms with Gasteiger partial charge in [0.15, 0.2) is 0 Å². The summed E-state index contributed by atoms with van der Waals surface area (Å²) in [5.74, 6) is -0.612. The number of hydrogen-bond donors (Lipinski definition) is 1. The predicted octanol–water partition coefficient (Wildman–Crippen LogP) is 2.27. The molecule has 1 heterocycles. The Morgan fingerprint density at radius 2 is 1.85 bits per heavy atom. The van der Waals surface area contributed by atoms with Crippen LogP contribution in [0.15, 0.2) is 23.1 Å². The van der Waals surface area contributed by atoms with Crippen molar-refractivity contribution >= 4 is 34.0 Å². The van der Waals surface area contributed by atoms with Crippen LogP contribution in [0.2, 0.25) is 5.02 Å². The number of hydrogen-bond acceptors (Lipinski definition) is 3. The maximum absolute atomic E-state index is 13.2. The van der Waals surface area contributed by atoms with Gasteiger partial charge >= 0.3 is 0 Å². The quantitative estimate of drug-likeness (QED) is 0.896. The highest BCUT2D eigenvalue weighted by atomic mass is 35.5. The molecule has 1 aromatic carbocycles. The van der Waals surface area contributed by atoms with Crippen molar-refractivity contribution < 1.29 is 12.8 Å². The van der Waals surface area contributed by atoms with Crippen LogP contribution in [0.1, 0.15) is 13.8 Å². The van der Waals surface area contributed by atoms with E-state index in [0.29, 0.717) is 13.1 Å². The van der Waals surface area contributed by atoms with Gasteiger partial charge in [-0.3, -0.25) is 0 Å². The van der Waals surface area contributed by atoms with Crippen LogP contribution in [-0.4, -0.2) is 37.9 Å². The third-order valence-corrected chi connectivity index (χ3v) is 5.35. The van der Waals surface area contributed by atoms with E-state index >= 15 is 0 Å². The van der Waals surface area contributed by atoms with Crippen molar-refractivity contribution in [2.24, 2.45) is 0 Å². The summed E-state index contributed by atoms with van der Waals surface area (Å²) in [6.45, 7) is 4.51. The van der Waals surface area contributed by atoms with E-state index < -0.39 is 15.8 Å². The molecule has 0 aromatic heterocycles. The zero-order valence-electron chi connectivity index (χ0n) is 11.1. The Bertz CT molecular complexity index is 573. The zero-order chi connectivity index (χ0) is 14.2. The number of nitrogens with one attached hydrogen (secondary N) is 1. The fourth-order valence-electron chi connectivity index (χ4n) is 2.29. The van der Waals surface area contributed by atoms with E-state index in [2.05, 4.69) is 5.32 Å². The van der Waals surface area contributed by atoms with E-state index in [4.69, 9.17) is 11.6 Å². The average molecular weight is 343 g/mol. The first-order valence-corrected chi connectivity index (χ1v) is 7.84. The monoisotopic (exact) mass is 342 g/mol. The Morgan fingerprint density at radius 1 is 1.30 bits per heavy atom. The van der Waals surface area contributed by atoms with Crippen molar-refractivity contribution in [1.29, 1.82) is 0 Å². The van der Waals surface area contributed by atoms with Gasteiger partial charge in [0.25, 0.3) is 0 Å². The molecule has 20 heavy (non-hydrogen) atoms. The molecular formula is C12H17Cl2FN2O2S. The first-order valence-electron chi connectivity index (χ1n) is 6.02. The Kier molecular flexibility index (Phi) is 5.80. The molecule has 1 saturated heterocycles. The van der Waals surface area contributed by atoms with Gasteiger partial charge in [0.05, 0.1) is 5.02 Å². The Balaban J connectivity index is 0.00000200. The van der Waals surface area contributed by atoms with Crippen LogP contribution in [0.5, 0.6) is 0 Å². The summed E-state index contributed by atoms with van der Waals surface area (Å²) in [4.78, 5) is -0.171. The number of halogens is 3. The first-order chi connectivity index (χ1) is 8.80. The minimum Gasteiger partial charge on any atom is -0.309 e. The smallest absolute Gasteiger partial charge is 0.244 e. The molecule has 1 fully saturated rings. The van der Waals surface area contributed by atoms with Gasteiger partial charge in [0.2, 0.25) is 10.0 Å². The summed E-state index contributed by atoms with van der Waals surface area (Å²) < 4.78 is 39.6. The second kappa shape index (κ2) is 6.58. The van der Waals surface area contributed by atoms with E-state index in [1.54, 1.807) is 0 Å². The maximum Gasteiger partial charge on any atom is 0.244 e. The van der Waals surface area contributed by atoms with E-state index in [-0.39, 0.29) is 34.4 Å². The molecule has 0 amide bonds. The first kappa shape index (κ1) is 17.7. The summed E-state index contributed by atoms with van der Waals surface area (Å²) in [6.07, 6.45) is 0. The van der Waals surface area contributed by atoms with Crippen LogP contribution in [0, 0.1) is 5.82 Å². The van der Waals surface area contributed by atoms with Crippen LogP contribution in [0.4, 0.5) is 4.39 Å². The molecule has 0 saturated carbocycles. The van der Waals surface area contributed by atoms with Crippen molar-refractivity contribution in [3.05, 3.63) is 29.0 Å². The van der Waals surface area contributed by atoms with E-state index in [0.717, 1.165) is 12.1 Å². The third-order valence-electron chi connectivity index (χ3n) is 3.04. The molecule has 0 bridgehead atoms. The van der Waals surface area contributed by atoms with Gasteiger partial charge in [-0.05, 0) is 32.0 Å². The Morgan fingerprint density at radius 3 is 2.40 bits per heavy atom. The molecule has 1 N–H and O–H groups in total. The number of nitrogens with zero attached hydrogens (tertiary/aromatic N) is 1. The minimum atomic E-state index is -3.76. The van der Waals surface area contributed by atoms with Crippen LogP contribution in [-0.2, 0) is 10.0 Å². The van der Waals surface area contributed by atoms with Crippen LogP contribution in [0.25, 0.3) is 0 Å². The zero-order valence-corrected chi connectivity index (χ0v) is 13.5. The summed E-state index contributed by atoms with van der Waals surface area (Å²) in [7, 11) is -3.76. The second-order valence-electron chi connectivity index (χ2n) is 4.87. The fraction of sp³-hybridized carbons (Fsp3) is 0.500. The van der Waals surface area contributed by atoms with Crippen molar-refractivity contribution in [2.75, 3.05) is 13.1 Å². The largest absolute Gasteiger partial charge is 0.309 e. The van der Waals surface area contributed by atoms with Gasteiger partial charge < -0.3 is 5.32 Å². The number of benzene rings is 1. The van der Waals surface area contributed by atoms with Crippen LogP contribution >= 0.6 is 24.0 Å². The molecule has 2 rings (SSSR count). The molecule has 0 spiro atoms. The molecule has 2 atom stereocenters. The third kappa shape index (κ3) is 3.62. The predicted molar refractivity (Wildman–Crippen MR) is 79.5 cm³/mol. The highest BCUT2D eigenvalue weighted by Gasteiger charge is 2.32. The summed E-state index contributed by atoms with van der Waals surface area (Å²) >= 11 is 5.88. The lowest BCUT2D eigenvalue weighted by molar-refractivity contribution is 0.263. The highest BCUT2D eigenvalue weighted by molar-refractivity contribution is 7.89. The molecular weight excluding hydrogens is 326 g/mol. The minimum absolute atomic E-state index is 0. The van der Waals surface area contributed by atoms with Crippen molar-refractivity contribution in [1.82, 2.24) is 9.62 Å². The van der Waals surface area contributed by atoms with Gasteiger partial charge in [-0.1, -0.05) is 11.6 Å². The van der Waals surface area contributed by atoms with Gasteiger partial charge in [-0.2, -0.15) is 4.31 Å². The number of rotatable bonds is 2. The Hall–Kier alpha value is -0.400. The lowest BCUT2D eigenvalue weighted by Gasteiger charge is -2.35. The topological polar surface area (TPSA) is 49.4 Å². The molecule has 8 heteroatoms. The maximum atomic E-state index is 13.2. The fourth-order valence-corrected chi connectivity index (χ4v) is 4.39. The Labute approximate surface area is 129 Å². The van der Waals surface area contributed by atoms with Gasteiger partial charge in [-0.15, -0.1) is 12.4 Å². The van der Waals surface area contributed by atoms with Gasteiger partial charge in [0, 0.05) is 25.2 Å². The standard InChI is InChI=1S/C12H16ClFN2O2S.ClH/c1-8-6-16(7-9(2)15-8)19(17,18)12-5-10(14)3-4-11(12)13;/h3-5,8-9,15H,6-7H2,1-2H3;1H. The summed E-state index contributed by atoms with van der Waals surface area (Å²) in [6, 6.07) is 3.47. The lowest BCUT2D eigenvalue weighted by Crippen LogP contribution is -2.55.